The highest BCUT2D eigenvalue weighted by Gasteiger charge is 2.21. The van der Waals surface area contributed by atoms with E-state index < -0.39 is 10.1 Å². The smallest absolute Gasteiger partial charge is 0.264 e. The van der Waals surface area contributed by atoms with Crippen LogP contribution in [0.2, 0.25) is 0 Å². The van der Waals surface area contributed by atoms with Gasteiger partial charge in [0.15, 0.2) is 0 Å². The van der Waals surface area contributed by atoms with E-state index in [0.717, 1.165) is 12.8 Å². The summed E-state index contributed by atoms with van der Waals surface area (Å²) in [5.41, 5.74) is 5.88. The second-order valence-corrected chi connectivity index (χ2v) is 5.71. The molecule has 0 heterocycles. The summed E-state index contributed by atoms with van der Waals surface area (Å²) >= 11 is 0. The Balaban J connectivity index is 2.30. The molecule has 0 aromatic rings. The van der Waals surface area contributed by atoms with Crippen LogP contribution in [-0.2, 0) is 10.1 Å². The zero-order valence-electron chi connectivity index (χ0n) is 8.35. The van der Waals surface area contributed by atoms with Crippen molar-refractivity contribution >= 4 is 10.1 Å². The van der Waals surface area contributed by atoms with Crippen LogP contribution in [0.25, 0.3) is 0 Å². The van der Waals surface area contributed by atoms with Gasteiger partial charge in [-0.1, -0.05) is 19.3 Å². The summed E-state index contributed by atoms with van der Waals surface area (Å²) in [6, 6.07) is -0.0720. The van der Waals surface area contributed by atoms with Crippen LogP contribution in [0.1, 0.15) is 38.5 Å². The zero-order valence-corrected chi connectivity index (χ0v) is 9.17. The lowest BCUT2D eigenvalue weighted by Crippen LogP contribution is -2.33. The molecule has 0 radical (unpaired) electrons. The van der Waals surface area contributed by atoms with Gasteiger partial charge < -0.3 is 5.73 Å². The minimum absolute atomic E-state index is 0.0720. The monoisotopic (exact) mass is 221 g/mol. The molecule has 84 valence electrons. The highest BCUT2D eigenvalue weighted by Crippen LogP contribution is 2.26. The average molecular weight is 221 g/mol. The predicted octanol–water partition coefficient (Wildman–Crippen LogP) is 1.17. The Bertz CT molecular complexity index is 257. The third-order valence-electron chi connectivity index (χ3n) is 2.96. The van der Waals surface area contributed by atoms with E-state index in [4.69, 9.17) is 10.3 Å². The van der Waals surface area contributed by atoms with E-state index in [9.17, 15) is 8.42 Å². The first-order chi connectivity index (χ1) is 6.49. The van der Waals surface area contributed by atoms with Crippen LogP contribution in [0.5, 0.6) is 0 Å². The Kier molecular flexibility index (Phi) is 4.34. The highest BCUT2D eigenvalue weighted by atomic mass is 32.2. The van der Waals surface area contributed by atoms with Gasteiger partial charge in [0.05, 0.1) is 5.75 Å². The number of rotatable bonds is 4. The van der Waals surface area contributed by atoms with E-state index in [1.807, 2.05) is 0 Å². The zero-order chi connectivity index (χ0) is 10.6. The lowest BCUT2D eigenvalue weighted by molar-refractivity contribution is 0.299. The van der Waals surface area contributed by atoms with Crippen molar-refractivity contribution in [2.75, 3.05) is 5.75 Å². The molecule has 0 aromatic heterocycles. The third-order valence-corrected chi connectivity index (χ3v) is 3.72. The number of hydrogen-bond acceptors (Lipinski definition) is 3. The molecule has 1 saturated carbocycles. The van der Waals surface area contributed by atoms with Crippen molar-refractivity contribution in [3.8, 4) is 0 Å². The van der Waals surface area contributed by atoms with Gasteiger partial charge in [0.25, 0.3) is 10.1 Å². The highest BCUT2D eigenvalue weighted by molar-refractivity contribution is 7.85. The van der Waals surface area contributed by atoms with Gasteiger partial charge in [-0.05, 0) is 25.2 Å². The maximum Gasteiger partial charge on any atom is 0.264 e. The number of nitrogens with two attached hydrogens (primary N) is 1. The molecule has 1 fully saturated rings. The van der Waals surface area contributed by atoms with Crippen LogP contribution < -0.4 is 5.73 Å². The van der Waals surface area contributed by atoms with Crippen LogP contribution in [0.4, 0.5) is 0 Å². The minimum atomic E-state index is -3.84. The molecule has 4 nitrogen and oxygen atoms in total. The summed E-state index contributed by atoms with van der Waals surface area (Å²) < 4.78 is 29.6. The quantitative estimate of drug-likeness (QED) is 0.698. The summed E-state index contributed by atoms with van der Waals surface area (Å²) in [5, 5.41) is 0. The first kappa shape index (κ1) is 11.9. The first-order valence-corrected chi connectivity index (χ1v) is 6.81. The second kappa shape index (κ2) is 5.09. The molecule has 1 aliphatic rings. The summed E-state index contributed by atoms with van der Waals surface area (Å²) in [4.78, 5) is 0. The van der Waals surface area contributed by atoms with Crippen LogP contribution in [0.3, 0.4) is 0 Å². The van der Waals surface area contributed by atoms with E-state index in [1.54, 1.807) is 0 Å². The first-order valence-electron chi connectivity index (χ1n) is 5.20. The fourth-order valence-corrected chi connectivity index (χ4v) is 2.65. The molecular formula is C9H19NO3S. The summed E-state index contributed by atoms with van der Waals surface area (Å²) in [6.07, 6.45) is 6.25. The van der Waals surface area contributed by atoms with Gasteiger partial charge in [-0.25, -0.2) is 0 Å². The Morgan fingerprint density at radius 3 is 2.36 bits per heavy atom. The molecule has 0 aliphatic heterocycles. The van der Waals surface area contributed by atoms with Crippen molar-refractivity contribution in [1.29, 1.82) is 0 Å². The van der Waals surface area contributed by atoms with Gasteiger partial charge >= 0.3 is 0 Å². The average Bonchev–Trinajstić information content (AvgIpc) is 2.14. The largest absolute Gasteiger partial charge is 0.327 e. The molecule has 0 saturated heterocycles. The van der Waals surface area contributed by atoms with Crippen molar-refractivity contribution in [2.24, 2.45) is 11.7 Å². The molecule has 1 unspecified atom stereocenters. The Morgan fingerprint density at radius 1 is 1.29 bits per heavy atom. The van der Waals surface area contributed by atoms with Crippen molar-refractivity contribution in [1.82, 2.24) is 0 Å². The van der Waals surface area contributed by atoms with Crippen LogP contribution in [-0.4, -0.2) is 24.8 Å². The molecule has 0 aromatic carbocycles. The molecule has 0 bridgehead atoms. The van der Waals surface area contributed by atoms with E-state index in [1.165, 1.54) is 19.3 Å². The molecule has 1 aliphatic carbocycles. The van der Waals surface area contributed by atoms with Crippen LogP contribution in [0.15, 0.2) is 0 Å². The number of hydrogen-bond donors (Lipinski definition) is 2. The van der Waals surface area contributed by atoms with Gasteiger partial charge in [0.1, 0.15) is 0 Å². The van der Waals surface area contributed by atoms with Gasteiger partial charge in [-0.15, -0.1) is 0 Å². The SMILES string of the molecule is NC(CCS(=O)(=O)O)C1CCCCC1. The fourth-order valence-electron chi connectivity index (χ4n) is 2.08. The van der Waals surface area contributed by atoms with Gasteiger partial charge in [-0.2, -0.15) is 8.42 Å². The third kappa shape index (κ3) is 4.39. The molecule has 0 spiro atoms. The lowest BCUT2D eigenvalue weighted by atomic mass is 9.83. The molecule has 0 amide bonds. The van der Waals surface area contributed by atoms with Crippen LogP contribution in [0, 0.1) is 5.92 Å². The Hall–Kier alpha value is -0.130. The van der Waals surface area contributed by atoms with Crippen molar-refractivity contribution in [3.05, 3.63) is 0 Å². The maximum atomic E-state index is 10.5. The van der Waals surface area contributed by atoms with Crippen molar-refractivity contribution < 1.29 is 13.0 Å². The molecule has 5 heteroatoms. The van der Waals surface area contributed by atoms with Crippen molar-refractivity contribution in [2.45, 2.75) is 44.6 Å². The van der Waals surface area contributed by atoms with E-state index in [0.29, 0.717) is 12.3 Å². The van der Waals surface area contributed by atoms with E-state index in [-0.39, 0.29) is 11.8 Å². The summed E-state index contributed by atoms with van der Waals surface area (Å²) in [6.45, 7) is 0. The van der Waals surface area contributed by atoms with Gasteiger partial charge in [-0.3, -0.25) is 4.55 Å². The van der Waals surface area contributed by atoms with Gasteiger partial charge in [0, 0.05) is 6.04 Å². The predicted molar refractivity (Wildman–Crippen MR) is 55.6 cm³/mol. The topological polar surface area (TPSA) is 80.4 Å². The second-order valence-electron chi connectivity index (χ2n) is 4.14. The van der Waals surface area contributed by atoms with E-state index in [2.05, 4.69) is 0 Å². The summed E-state index contributed by atoms with van der Waals surface area (Å²) in [5.74, 6) is 0.246. The molecule has 1 rings (SSSR count). The molecule has 1 atom stereocenters. The molecule has 14 heavy (non-hydrogen) atoms. The van der Waals surface area contributed by atoms with E-state index >= 15 is 0 Å². The van der Waals surface area contributed by atoms with Crippen molar-refractivity contribution in [3.63, 3.8) is 0 Å². The Labute approximate surface area is 85.6 Å². The van der Waals surface area contributed by atoms with Gasteiger partial charge in [0.2, 0.25) is 0 Å². The Morgan fingerprint density at radius 2 is 1.86 bits per heavy atom. The minimum Gasteiger partial charge on any atom is -0.327 e. The fraction of sp³-hybridized carbons (Fsp3) is 1.00. The summed E-state index contributed by atoms with van der Waals surface area (Å²) in [7, 11) is -3.84. The standard InChI is InChI=1S/C9H19NO3S/c10-9(6-7-14(11,12)13)8-4-2-1-3-5-8/h8-9H,1-7,10H2,(H,11,12,13). The molecule has 3 N–H and O–H groups in total. The lowest BCUT2D eigenvalue weighted by Gasteiger charge is -2.27. The normalized spacial score (nSPS) is 22.1. The molecular weight excluding hydrogens is 202 g/mol. The van der Waals surface area contributed by atoms with Crippen LogP contribution >= 0.6 is 0 Å². The maximum absolute atomic E-state index is 10.5.